The summed E-state index contributed by atoms with van der Waals surface area (Å²) in [6.07, 6.45) is 0.660. The molecule has 1 atom stereocenters. The zero-order valence-electron chi connectivity index (χ0n) is 14.3. The molecule has 0 bridgehead atoms. The van der Waals surface area contributed by atoms with Crippen LogP contribution in [0, 0.1) is 0 Å². The first-order chi connectivity index (χ1) is 12.1. The molecular formula is C19H23N3O3. The van der Waals surface area contributed by atoms with E-state index < -0.39 is 5.97 Å². The Balaban J connectivity index is 1.96. The van der Waals surface area contributed by atoms with E-state index in [1.165, 1.54) is 0 Å². The lowest BCUT2D eigenvalue weighted by Crippen LogP contribution is -2.52. The molecule has 0 aliphatic carbocycles. The van der Waals surface area contributed by atoms with Crippen molar-refractivity contribution >= 4 is 11.8 Å². The highest BCUT2D eigenvalue weighted by Crippen LogP contribution is 2.26. The molecule has 1 saturated heterocycles. The standard InChI is InChI=1S/C19H23N3O3/c1-21-10-11-22(13-15(21)9-12-23)18-16(19(24)25)7-8-17(20-18)14-5-3-2-4-6-14/h2-8,15,23H,9-13H2,1H3,(H,24,25). The summed E-state index contributed by atoms with van der Waals surface area (Å²) < 4.78 is 0. The molecule has 132 valence electrons. The second kappa shape index (κ2) is 7.63. The Labute approximate surface area is 147 Å². The van der Waals surface area contributed by atoms with Gasteiger partial charge < -0.3 is 15.1 Å². The third-order valence-electron chi connectivity index (χ3n) is 4.71. The van der Waals surface area contributed by atoms with Gasteiger partial charge in [0.25, 0.3) is 0 Å². The molecule has 1 aromatic carbocycles. The van der Waals surface area contributed by atoms with Crippen LogP contribution < -0.4 is 4.90 Å². The normalized spacial score (nSPS) is 18.3. The topological polar surface area (TPSA) is 76.9 Å². The smallest absolute Gasteiger partial charge is 0.339 e. The quantitative estimate of drug-likeness (QED) is 0.866. The second-order valence-corrected chi connectivity index (χ2v) is 6.33. The molecule has 25 heavy (non-hydrogen) atoms. The molecule has 0 amide bonds. The second-order valence-electron chi connectivity index (χ2n) is 6.33. The molecule has 2 N–H and O–H groups in total. The Bertz CT molecular complexity index is 736. The molecule has 6 nitrogen and oxygen atoms in total. The largest absolute Gasteiger partial charge is 0.478 e. The maximum absolute atomic E-state index is 11.7. The summed E-state index contributed by atoms with van der Waals surface area (Å²) >= 11 is 0. The number of nitrogens with zero attached hydrogens (tertiary/aromatic N) is 3. The lowest BCUT2D eigenvalue weighted by Gasteiger charge is -2.40. The zero-order chi connectivity index (χ0) is 17.8. The number of carboxylic acid groups (broad SMARTS) is 1. The molecule has 2 heterocycles. The molecule has 0 radical (unpaired) electrons. The Hall–Kier alpha value is -2.44. The summed E-state index contributed by atoms with van der Waals surface area (Å²) in [6, 6.07) is 13.3. The van der Waals surface area contributed by atoms with Crippen LogP contribution in [0.15, 0.2) is 42.5 Å². The van der Waals surface area contributed by atoms with Gasteiger partial charge in [-0.15, -0.1) is 0 Å². The summed E-state index contributed by atoms with van der Waals surface area (Å²) in [7, 11) is 2.03. The van der Waals surface area contributed by atoms with Gasteiger partial charge in [0.1, 0.15) is 11.4 Å². The molecule has 3 rings (SSSR count). The number of aliphatic hydroxyl groups excluding tert-OH is 1. The number of aromatic nitrogens is 1. The third kappa shape index (κ3) is 3.81. The van der Waals surface area contributed by atoms with Crippen LogP contribution in [0.5, 0.6) is 0 Å². The van der Waals surface area contributed by atoms with E-state index in [1.54, 1.807) is 12.1 Å². The fourth-order valence-electron chi connectivity index (χ4n) is 3.23. The minimum absolute atomic E-state index is 0.117. The fourth-order valence-corrected chi connectivity index (χ4v) is 3.23. The predicted octanol–water partition coefficient (Wildman–Crippen LogP) is 1.95. The number of anilines is 1. The lowest BCUT2D eigenvalue weighted by molar-refractivity contribution is 0.0696. The summed E-state index contributed by atoms with van der Waals surface area (Å²) in [4.78, 5) is 20.6. The molecule has 2 aromatic rings. The van der Waals surface area contributed by atoms with Crippen molar-refractivity contribution in [2.45, 2.75) is 12.5 Å². The molecule has 1 aliphatic heterocycles. The Kier molecular flexibility index (Phi) is 5.31. The summed E-state index contributed by atoms with van der Waals surface area (Å²) in [5.74, 6) is -0.468. The van der Waals surface area contributed by atoms with E-state index in [-0.39, 0.29) is 18.2 Å². The number of piperazine rings is 1. The number of likely N-dealkylation sites (N-methyl/N-ethyl adjacent to an activating group) is 1. The first-order valence-corrected chi connectivity index (χ1v) is 8.46. The van der Waals surface area contributed by atoms with Crippen molar-refractivity contribution in [2.75, 3.05) is 38.2 Å². The minimum Gasteiger partial charge on any atom is -0.478 e. The first kappa shape index (κ1) is 17.4. The highest BCUT2D eigenvalue weighted by Gasteiger charge is 2.27. The van der Waals surface area contributed by atoms with E-state index in [0.717, 1.165) is 17.8 Å². The maximum Gasteiger partial charge on any atom is 0.339 e. The van der Waals surface area contributed by atoms with Crippen LogP contribution in [-0.2, 0) is 0 Å². The van der Waals surface area contributed by atoms with Gasteiger partial charge in [0, 0.05) is 37.8 Å². The number of benzene rings is 1. The van der Waals surface area contributed by atoms with E-state index in [2.05, 4.69) is 9.88 Å². The molecule has 0 saturated carbocycles. The number of pyridine rings is 1. The Morgan fingerprint density at radius 1 is 1.20 bits per heavy atom. The third-order valence-corrected chi connectivity index (χ3v) is 4.71. The monoisotopic (exact) mass is 341 g/mol. The number of aliphatic hydroxyl groups is 1. The van der Waals surface area contributed by atoms with Gasteiger partial charge in [-0.1, -0.05) is 30.3 Å². The van der Waals surface area contributed by atoms with Crippen LogP contribution in [0.2, 0.25) is 0 Å². The summed E-state index contributed by atoms with van der Waals surface area (Å²) in [6.45, 7) is 2.29. The van der Waals surface area contributed by atoms with Crippen LogP contribution >= 0.6 is 0 Å². The Morgan fingerprint density at radius 3 is 2.64 bits per heavy atom. The van der Waals surface area contributed by atoms with Gasteiger partial charge >= 0.3 is 5.97 Å². The van der Waals surface area contributed by atoms with Gasteiger partial charge in [0.2, 0.25) is 0 Å². The molecular weight excluding hydrogens is 318 g/mol. The molecule has 6 heteroatoms. The van der Waals surface area contributed by atoms with Crippen LogP contribution in [-0.4, -0.2) is 65.4 Å². The number of hydrogen-bond donors (Lipinski definition) is 2. The van der Waals surface area contributed by atoms with Crippen molar-refractivity contribution in [1.29, 1.82) is 0 Å². The molecule has 1 unspecified atom stereocenters. The van der Waals surface area contributed by atoms with E-state index in [4.69, 9.17) is 0 Å². The molecule has 0 spiro atoms. The number of carboxylic acids is 1. The molecule has 1 aromatic heterocycles. The highest BCUT2D eigenvalue weighted by molar-refractivity contribution is 5.94. The van der Waals surface area contributed by atoms with Crippen molar-refractivity contribution in [2.24, 2.45) is 0 Å². The zero-order valence-corrected chi connectivity index (χ0v) is 14.3. The SMILES string of the molecule is CN1CCN(c2nc(-c3ccccc3)ccc2C(=O)O)CC1CCO. The van der Waals surface area contributed by atoms with Gasteiger partial charge in [0.05, 0.1) is 5.69 Å². The van der Waals surface area contributed by atoms with Gasteiger partial charge in [0.15, 0.2) is 0 Å². The van der Waals surface area contributed by atoms with Gasteiger partial charge in [-0.3, -0.25) is 4.90 Å². The lowest BCUT2D eigenvalue weighted by atomic mass is 10.1. The fraction of sp³-hybridized carbons (Fsp3) is 0.368. The number of carbonyl (C=O) groups is 1. The predicted molar refractivity (Wildman–Crippen MR) is 97.0 cm³/mol. The van der Waals surface area contributed by atoms with E-state index >= 15 is 0 Å². The van der Waals surface area contributed by atoms with Gasteiger partial charge in [-0.2, -0.15) is 0 Å². The minimum atomic E-state index is -0.972. The number of aromatic carboxylic acids is 1. The Morgan fingerprint density at radius 2 is 1.96 bits per heavy atom. The van der Waals surface area contributed by atoms with Crippen molar-refractivity contribution in [3.05, 3.63) is 48.0 Å². The summed E-state index contributed by atoms with van der Waals surface area (Å²) in [5, 5.41) is 18.8. The summed E-state index contributed by atoms with van der Waals surface area (Å²) in [5.41, 5.74) is 1.94. The van der Waals surface area contributed by atoms with Gasteiger partial charge in [-0.25, -0.2) is 9.78 Å². The van der Waals surface area contributed by atoms with Crippen molar-refractivity contribution in [3.8, 4) is 11.3 Å². The number of rotatable bonds is 5. The van der Waals surface area contributed by atoms with Crippen LogP contribution in [0.25, 0.3) is 11.3 Å². The number of hydrogen-bond acceptors (Lipinski definition) is 5. The van der Waals surface area contributed by atoms with Gasteiger partial charge in [-0.05, 0) is 25.6 Å². The van der Waals surface area contributed by atoms with E-state index in [0.29, 0.717) is 25.3 Å². The molecule has 1 aliphatic rings. The van der Waals surface area contributed by atoms with Crippen molar-refractivity contribution < 1.29 is 15.0 Å². The van der Waals surface area contributed by atoms with Crippen molar-refractivity contribution in [1.82, 2.24) is 9.88 Å². The molecule has 1 fully saturated rings. The average molecular weight is 341 g/mol. The first-order valence-electron chi connectivity index (χ1n) is 8.46. The van der Waals surface area contributed by atoms with Crippen LogP contribution in [0.1, 0.15) is 16.8 Å². The highest BCUT2D eigenvalue weighted by atomic mass is 16.4. The van der Waals surface area contributed by atoms with Crippen LogP contribution in [0.3, 0.4) is 0 Å². The van der Waals surface area contributed by atoms with Crippen molar-refractivity contribution in [3.63, 3.8) is 0 Å². The maximum atomic E-state index is 11.7. The van der Waals surface area contributed by atoms with E-state index in [9.17, 15) is 15.0 Å². The van der Waals surface area contributed by atoms with E-state index in [1.807, 2.05) is 42.3 Å². The van der Waals surface area contributed by atoms with Crippen LogP contribution in [0.4, 0.5) is 5.82 Å². The average Bonchev–Trinajstić information content (AvgIpc) is 2.64.